The van der Waals surface area contributed by atoms with Gasteiger partial charge in [0.15, 0.2) is 0 Å². The zero-order valence-electron chi connectivity index (χ0n) is 12.2. The first kappa shape index (κ1) is 14.0. The molecule has 1 saturated carbocycles. The Labute approximate surface area is 120 Å². The lowest BCUT2D eigenvalue weighted by molar-refractivity contribution is 0.0211. The van der Waals surface area contributed by atoms with Gasteiger partial charge < -0.3 is 10.1 Å². The standard InChI is InChI=1S/C17H24FNO/c1-17(5-7-20-8-6-17)12-19-16-10-14(11-16)13-3-2-4-15(18)9-13/h2-4,9,14,16,19H,5-8,10-12H2,1H3. The molecule has 2 fully saturated rings. The predicted octanol–water partition coefficient (Wildman–Crippen LogP) is 3.48. The highest BCUT2D eigenvalue weighted by molar-refractivity contribution is 5.23. The van der Waals surface area contributed by atoms with Gasteiger partial charge >= 0.3 is 0 Å². The molecule has 0 spiro atoms. The van der Waals surface area contributed by atoms with Gasteiger partial charge in [-0.2, -0.15) is 0 Å². The first-order valence-electron chi connectivity index (χ1n) is 7.71. The molecule has 0 bridgehead atoms. The van der Waals surface area contributed by atoms with Crippen molar-refractivity contribution in [3.05, 3.63) is 35.6 Å². The Morgan fingerprint density at radius 2 is 2.05 bits per heavy atom. The lowest BCUT2D eigenvalue weighted by Gasteiger charge is -2.40. The smallest absolute Gasteiger partial charge is 0.123 e. The van der Waals surface area contributed by atoms with Gasteiger partial charge in [0, 0.05) is 25.8 Å². The fourth-order valence-electron chi connectivity index (χ4n) is 3.25. The van der Waals surface area contributed by atoms with E-state index < -0.39 is 0 Å². The van der Waals surface area contributed by atoms with Crippen LogP contribution in [0.15, 0.2) is 24.3 Å². The highest BCUT2D eigenvalue weighted by atomic mass is 19.1. The van der Waals surface area contributed by atoms with Crippen molar-refractivity contribution in [2.75, 3.05) is 19.8 Å². The molecule has 1 aliphatic carbocycles. The first-order valence-corrected chi connectivity index (χ1v) is 7.71. The number of benzene rings is 1. The summed E-state index contributed by atoms with van der Waals surface area (Å²) in [4.78, 5) is 0. The highest BCUT2D eigenvalue weighted by Crippen LogP contribution is 2.38. The minimum atomic E-state index is -0.117. The molecule has 1 aromatic rings. The van der Waals surface area contributed by atoms with Crippen LogP contribution in [-0.4, -0.2) is 25.8 Å². The summed E-state index contributed by atoms with van der Waals surface area (Å²) in [6, 6.07) is 7.66. The maximum atomic E-state index is 13.2. The molecule has 1 N–H and O–H groups in total. The van der Waals surface area contributed by atoms with Crippen molar-refractivity contribution in [2.24, 2.45) is 5.41 Å². The van der Waals surface area contributed by atoms with Crippen molar-refractivity contribution in [1.82, 2.24) is 5.32 Å². The summed E-state index contributed by atoms with van der Waals surface area (Å²) in [5, 5.41) is 3.69. The minimum Gasteiger partial charge on any atom is -0.381 e. The van der Waals surface area contributed by atoms with Gasteiger partial charge in [0.2, 0.25) is 0 Å². The summed E-state index contributed by atoms with van der Waals surface area (Å²) >= 11 is 0. The molecule has 3 heteroatoms. The lowest BCUT2D eigenvalue weighted by atomic mass is 9.75. The van der Waals surface area contributed by atoms with E-state index >= 15 is 0 Å². The molecule has 0 aromatic heterocycles. The molecule has 1 heterocycles. The van der Waals surface area contributed by atoms with E-state index in [0.29, 0.717) is 17.4 Å². The SMILES string of the molecule is CC1(CNC2CC(c3cccc(F)c3)C2)CCOCC1. The summed E-state index contributed by atoms with van der Waals surface area (Å²) in [7, 11) is 0. The Morgan fingerprint density at radius 3 is 2.75 bits per heavy atom. The maximum absolute atomic E-state index is 13.2. The van der Waals surface area contributed by atoms with Crippen LogP contribution < -0.4 is 5.32 Å². The minimum absolute atomic E-state index is 0.117. The van der Waals surface area contributed by atoms with Crippen molar-refractivity contribution < 1.29 is 9.13 Å². The van der Waals surface area contributed by atoms with E-state index in [9.17, 15) is 4.39 Å². The van der Waals surface area contributed by atoms with Crippen LogP contribution in [0, 0.1) is 11.2 Å². The molecule has 3 rings (SSSR count). The van der Waals surface area contributed by atoms with E-state index in [2.05, 4.69) is 12.2 Å². The van der Waals surface area contributed by atoms with Crippen molar-refractivity contribution in [3.8, 4) is 0 Å². The molecule has 1 saturated heterocycles. The molecule has 0 atom stereocenters. The van der Waals surface area contributed by atoms with Crippen molar-refractivity contribution in [1.29, 1.82) is 0 Å². The Hall–Kier alpha value is -0.930. The van der Waals surface area contributed by atoms with Crippen LogP contribution in [0.4, 0.5) is 4.39 Å². The average molecular weight is 277 g/mol. The largest absolute Gasteiger partial charge is 0.381 e. The summed E-state index contributed by atoms with van der Waals surface area (Å²) < 4.78 is 18.6. The third kappa shape index (κ3) is 3.21. The van der Waals surface area contributed by atoms with Crippen molar-refractivity contribution >= 4 is 0 Å². The summed E-state index contributed by atoms with van der Waals surface area (Å²) in [5.74, 6) is 0.416. The second kappa shape index (κ2) is 5.82. The van der Waals surface area contributed by atoms with E-state index in [-0.39, 0.29) is 5.82 Å². The van der Waals surface area contributed by atoms with Gasteiger partial charge in [0.1, 0.15) is 5.82 Å². The normalized spacial score (nSPS) is 28.9. The monoisotopic (exact) mass is 277 g/mol. The van der Waals surface area contributed by atoms with Gasteiger partial charge in [-0.05, 0) is 54.7 Å². The third-order valence-electron chi connectivity index (χ3n) is 4.98. The Balaban J connectivity index is 1.44. The fourth-order valence-corrected chi connectivity index (χ4v) is 3.25. The van der Waals surface area contributed by atoms with Crippen molar-refractivity contribution in [3.63, 3.8) is 0 Å². The fraction of sp³-hybridized carbons (Fsp3) is 0.647. The van der Waals surface area contributed by atoms with Gasteiger partial charge in [0.05, 0.1) is 0 Å². The van der Waals surface area contributed by atoms with Crippen LogP contribution in [0.2, 0.25) is 0 Å². The molecular formula is C17H24FNO. The molecule has 0 amide bonds. The summed E-state index contributed by atoms with van der Waals surface area (Å²) in [5.41, 5.74) is 1.54. The molecule has 0 radical (unpaired) electrons. The third-order valence-corrected chi connectivity index (χ3v) is 4.98. The van der Waals surface area contributed by atoms with E-state index in [1.807, 2.05) is 12.1 Å². The molecule has 1 aromatic carbocycles. The van der Waals surface area contributed by atoms with Gasteiger partial charge in [-0.3, -0.25) is 0 Å². The van der Waals surface area contributed by atoms with E-state index in [0.717, 1.165) is 51.0 Å². The zero-order valence-corrected chi connectivity index (χ0v) is 12.2. The zero-order chi connectivity index (χ0) is 14.0. The Morgan fingerprint density at radius 1 is 1.30 bits per heavy atom. The van der Waals surface area contributed by atoms with Crippen LogP contribution in [-0.2, 0) is 4.74 Å². The number of hydrogen-bond donors (Lipinski definition) is 1. The Bertz CT molecular complexity index is 450. The maximum Gasteiger partial charge on any atom is 0.123 e. The van der Waals surface area contributed by atoms with Gasteiger partial charge in [-0.25, -0.2) is 4.39 Å². The summed E-state index contributed by atoms with van der Waals surface area (Å²) in [6.07, 6.45) is 4.58. The van der Waals surface area contributed by atoms with Gasteiger partial charge in [0.25, 0.3) is 0 Å². The quantitative estimate of drug-likeness (QED) is 0.910. The number of halogens is 1. The average Bonchev–Trinajstić information content (AvgIpc) is 2.38. The van der Waals surface area contributed by atoms with Crippen LogP contribution in [0.25, 0.3) is 0 Å². The van der Waals surface area contributed by atoms with Gasteiger partial charge in [-0.1, -0.05) is 19.1 Å². The highest BCUT2D eigenvalue weighted by Gasteiger charge is 2.33. The molecule has 1 aliphatic heterocycles. The number of rotatable bonds is 4. The van der Waals surface area contributed by atoms with Crippen LogP contribution >= 0.6 is 0 Å². The molecule has 20 heavy (non-hydrogen) atoms. The number of hydrogen-bond acceptors (Lipinski definition) is 2. The molecule has 2 nitrogen and oxygen atoms in total. The first-order chi connectivity index (χ1) is 9.65. The molecule has 0 unspecified atom stereocenters. The summed E-state index contributed by atoms with van der Waals surface area (Å²) in [6.45, 7) is 5.23. The Kier molecular flexibility index (Phi) is 4.08. The van der Waals surface area contributed by atoms with E-state index in [4.69, 9.17) is 4.74 Å². The number of nitrogens with one attached hydrogen (secondary N) is 1. The predicted molar refractivity (Wildman–Crippen MR) is 78.3 cm³/mol. The molecular weight excluding hydrogens is 253 g/mol. The lowest BCUT2D eigenvalue weighted by Crippen LogP contribution is -2.46. The molecule has 110 valence electrons. The second-order valence-electron chi connectivity index (χ2n) is 6.72. The van der Waals surface area contributed by atoms with E-state index in [1.165, 1.54) is 6.07 Å². The van der Waals surface area contributed by atoms with Crippen molar-refractivity contribution in [2.45, 2.75) is 44.6 Å². The molecule has 2 aliphatic rings. The van der Waals surface area contributed by atoms with Crippen LogP contribution in [0.1, 0.15) is 44.1 Å². The van der Waals surface area contributed by atoms with Crippen LogP contribution in [0.3, 0.4) is 0 Å². The van der Waals surface area contributed by atoms with E-state index in [1.54, 1.807) is 6.07 Å². The van der Waals surface area contributed by atoms with Crippen LogP contribution in [0.5, 0.6) is 0 Å². The number of ether oxygens (including phenoxy) is 1. The van der Waals surface area contributed by atoms with Gasteiger partial charge in [-0.15, -0.1) is 0 Å². The second-order valence-corrected chi connectivity index (χ2v) is 6.72. The topological polar surface area (TPSA) is 21.3 Å².